The molecule has 0 radical (unpaired) electrons. The smallest absolute Gasteiger partial charge is 0.315 e. The first-order chi connectivity index (χ1) is 9.65. The molecular formula is C13H21N5O2. The molecule has 110 valence electrons. The third kappa shape index (κ3) is 6.03. The maximum absolute atomic E-state index is 11.3. The Bertz CT molecular complexity index is 413. The highest BCUT2D eigenvalue weighted by Gasteiger charge is 2.03. The number of aromatic nitrogens is 1. The van der Waals surface area contributed by atoms with Gasteiger partial charge in [-0.05, 0) is 26.0 Å². The minimum Gasteiger partial charge on any atom is -0.338 e. The van der Waals surface area contributed by atoms with Crippen LogP contribution in [0.4, 0.5) is 9.59 Å². The summed E-state index contributed by atoms with van der Waals surface area (Å²) in [6, 6.07) is 5.04. The topological polar surface area (TPSA) is 95.2 Å². The number of hydrogen-bond donors (Lipinski definition) is 4. The molecule has 0 spiro atoms. The van der Waals surface area contributed by atoms with Gasteiger partial charge in [0.1, 0.15) is 0 Å². The van der Waals surface area contributed by atoms with Gasteiger partial charge in [-0.2, -0.15) is 0 Å². The van der Waals surface area contributed by atoms with Crippen molar-refractivity contribution in [2.45, 2.75) is 26.9 Å². The molecular weight excluding hydrogens is 258 g/mol. The Hall–Kier alpha value is -2.31. The van der Waals surface area contributed by atoms with E-state index in [1.165, 1.54) is 0 Å². The second-order valence-electron chi connectivity index (χ2n) is 4.05. The Kier molecular flexibility index (Phi) is 6.88. The normalized spacial score (nSPS) is 9.70. The molecule has 7 heteroatoms. The van der Waals surface area contributed by atoms with Gasteiger partial charge in [0.15, 0.2) is 0 Å². The number of nitrogens with zero attached hydrogens (tertiary/aromatic N) is 1. The first-order valence-electron chi connectivity index (χ1n) is 6.64. The number of carbonyl (C=O) groups is 2. The average molecular weight is 279 g/mol. The van der Waals surface area contributed by atoms with Crippen molar-refractivity contribution < 1.29 is 9.59 Å². The van der Waals surface area contributed by atoms with Gasteiger partial charge in [0.2, 0.25) is 0 Å². The van der Waals surface area contributed by atoms with E-state index in [9.17, 15) is 9.59 Å². The van der Waals surface area contributed by atoms with Gasteiger partial charge < -0.3 is 21.3 Å². The quantitative estimate of drug-likeness (QED) is 0.618. The highest BCUT2D eigenvalue weighted by atomic mass is 16.2. The summed E-state index contributed by atoms with van der Waals surface area (Å²) in [4.78, 5) is 26.9. The third-order valence-electron chi connectivity index (χ3n) is 2.40. The number of hydrogen-bond acceptors (Lipinski definition) is 3. The van der Waals surface area contributed by atoms with Crippen LogP contribution in [-0.4, -0.2) is 30.1 Å². The van der Waals surface area contributed by atoms with Crippen molar-refractivity contribution in [3.63, 3.8) is 0 Å². The van der Waals surface area contributed by atoms with Crippen molar-refractivity contribution >= 4 is 12.1 Å². The second-order valence-corrected chi connectivity index (χ2v) is 4.05. The fourth-order valence-corrected chi connectivity index (χ4v) is 1.51. The summed E-state index contributed by atoms with van der Waals surface area (Å²) in [6.45, 7) is 5.56. The van der Waals surface area contributed by atoms with Crippen LogP contribution in [0.15, 0.2) is 18.2 Å². The molecule has 4 N–H and O–H groups in total. The highest BCUT2D eigenvalue weighted by Crippen LogP contribution is 1.99. The van der Waals surface area contributed by atoms with Crippen molar-refractivity contribution in [3.8, 4) is 0 Å². The van der Waals surface area contributed by atoms with E-state index in [0.29, 0.717) is 26.2 Å². The number of nitrogens with one attached hydrogen (secondary N) is 4. The van der Waals surface area contributed by atoms with Gasteiger partial charge in [0, 0.05) is 13.1 Å². The molecule has 0 atom stereocenters. The number of urea groups is 2. The summed E-state index contributed by atoms with van der Waals surface area (Å²) in [5.41, 5.74) is 1.48. The molecule has 0 aliphatic rings. The molecule has 0 aromatic carbocycles. The van der Waals surface area contributed by atoms with Crippen LogP contribution >= 0.6 is 0 Å². The van der Waals surface area contributed by atoms with Crippen LogP contribution < -0.4 is 21.3 Å². The van der Waals surface area contributed by atoms with Crippen molar-refractivity contribution in [1.29, 1.82) is 0 Å². The van der Waals surface area contributed by atoms with Crippen molar-refractivity contribution in [2.24, 2.45) is 0 Å². The monoisotopic (exact) mass is 279 g/mol. The van der Waals surface area contributed by atoms with Gasteiger partial charge in [0.05, 0.1) is 24.5 Å². The fourth-order valence-electron chi connectivity index (χ4n) is 1.51. The van der Waals surface area contributed by atoms with Crippen LogP contribution in [0, 0.1) is 0 Å². The summed E-state index contributed by atoms with van der Waals surface area (Å²) >= 11 is 0. The summed E-state index contributed by atoms with van der Waals surface area (Å²) in [5.74, 6) is 0. The second kappa shape index (κ2) is 8.73. The Labute approximate surface area is 118 Å². The molecule has 1 aromatic rings. The van der Waals surface area contributed by atoms with Crippen LogP contribution in [-0.2, 0) is 13.1 Å². The predicted molar refractivity (Wildman–Crippen MR) is 76.1 cm³/mol. The fraction of sp³-hybridized carbons (Fsp3) is 0.462. The lowest BCUT2D eigenvalue weighted by Gasteiger charge is -2.08. The Morgan fingerprint density at radius 1 is 0.900 bits per heavy atom. The standard InChI is InChI=1S/C13H21N5O2/c1-3-14-12(19)16-8-10-6-5-7-11(18-10)9-17-13(20)15-4-2/h5-7H,3-4,8-9H2,1-2H3,(H2,14,16,19)(H2,15,17,20). The minimum atomic E-state index is -0.222. The highest BCUT2D eigenvalue weighted by molar-refractivity contribution is 5.74. The molecule has 0 saturated carbocycles. The molecule has 0 bridgehead atoms. The van der Waals surface area contributed by atoms with E-state index in [1.54, 1.807) is 0 Å². The van der Waals surface area contributed by atoms with Gasteiger partial charge >= 0.3 is 12.1 Å². The Morgan fingerprint density at radius 2 is 1.35 bits per heavy atom. The van der Waals surface area contributed by atoms with Crippen LogP contribution in [0.1, 0.15) is 25.2 Å². The minimum absolute atomic E-state index is 0.222. The van der Waals surface area contributed by atoms with Crippen LogP contribution in [0.25, 0.3) is 0 Å². The molecule has 0 saturated heterocycles. The van der Waals surface area contributed by atoms with Gasteiger partial charge in [0.25, 0.3) is 0 Å². The largest absolute Gasteiger partial charge is 0.338 e. The van der Waals surface area contributed by atoms with Gasteiger partial charge in [-0.1, -0.05) is 6.07 Å². The molecule has 7 nitrogen and oxygen atoms in total. The molecule has 0 aliphatic heterocycles. The lowest BCUT2D eigenvalue weighted by Crippen LogP contribution is -2.35. The van der Waals surface area contributed by atoms with E-state index in [4.69, 9.17) is 0 Å². The van der Waals surface area contributed by atoms with Gasteiger partial charge in [-0.25, -0.2) is 9.59 Å². The zero-order chi connectivity index (χ0) is 14.8. The average Bonchev–Trinajstić information content (AvgIpc) is 2.44. The van der Waals surface area contributed by atoms with Gasteiger partial charge in [-0.15, -0.1) is 0 Å². The molecule has 1 aromatic heterocycles. The van der Waals surface area contributed by atoms with Crippen LogP contribution in [0.5, 0.6) is 0 Å². The molecule has 4 amide bonds. The molecule has 0 unspecified atom stereocenters. The van der Waals surface area contributed by atoms with E-state index in [0.717, 1.165) is 11.4 Å². The number of pyridine rings is 1. The maximum atomic E-state index is 11.3. The SMILES string of the molecule is CCNC(=O)NCc1cccc(CNC(=O)NCC)n1. The van der Waals surface area contributed by atoms with E-state index in [-0.39, 0.29) is 12.1 Å². The number of carbonyl (C=O) groups excluding carboxylic acids is 2. The predicted octanol–water partition coefficient (Wildman–Crippen LogP) is 0.720. The summed E-state index contributed by atoms with van der Waals surface area (Å²) < 4.78 is 0. The van der Waals surface area contributed by atoms with E-state index >= 15 is 0 Å². The number of rotatable bonds is 6. The first kappa shape index (κ1) is 15.7. The van der Waals surface area contributed by atoms with Crippen molar-refractivity contribution in [3.05, 3.63) is 29.6 Å². The van der Waals surface area contributed by atoms with E-state index in [1.807, 2.05) is 32.0 Å². The molecule has 0 fully saturated rings. The lowest BCUT2D eigenvalue weighted by atomic mass is 10.3. The summed E-state index contributed by atoms with van der Waals surface area (Å²) in [5, 5.41) is 10.7. The van der Waals surface area contributed by atoms with Gasteiger partial charge in [-0.3, -0.25) is 4.98 Å². The van der Waals surface area contributed by atoms with E-state index < -0.39 is 0 Å². The first-order valence-corrected chi connectivity index (χ1v) is 6.64. The Balaban J connectivity index is 2.45. The third-order valence-corrected chi connectivity index (χ3v) is 2.40. The lowest BCUT2D eigenvalue weighted by molar-refractivity contribution is 0.240. The zero-order valence-corrected chi connectivity index (χ0v) is 11.8. The molecule has 0 aliphatic carbocycles. The van der Waals surface area contributed by atoms with E-state index in [2.05, 4.69) is 26.3 Å². The molecule has 20 heavy (non-hydrogen) atoms. The molecule has 1 heterocycles. The Morgan fingerprint density at radius 3 is 1.75 bits per heavy atom. The molecule has 1 rings (SSSR count). The number of amides is 4. The van der Waals surface area contributed by atoms with Crippen molar-refractivity contribution in [1.82, 2.24) is 26.3 Å². The summed E-state index contributed by atoms with van der Waals surface area (Å²) in [6.07, 6.45) is 0. The van der Waals surface area contributed by atoms with Crippen LogP contribution in [0.2, 0.25) is 0 Å². The zero-order valence-electron chi connectivity index (χ0n) is 11.8. The summed E-state index contributed by atoms with van der Waals surface area (Å²) in [7, 11) is 0. The van der Waals surface area contributed by atoms with Crippen LogP contribution in [0.3, 0.4) is 0 Å². The van der Waals surface area contributed by atoms with Crippen molar-refractivity contribution in [2.75, 3.05) is 13.1 Å². The maximum Gasteiger partial charge on any atom is 0.315 e.